The maximum atomic E-state index is 13.4. The van der Waals surface area contributed by atoms with Crippen molar-refractivity contribution in [3.63, 3.8) is 0 Å². The van der Waals surface area contributed by atoms with Gasteiger partial charge in [-0.2, -0.15) is 0 Å². The van der Waals surface area contributed by atoms with Gasteiger partial charge in [0.1, 0.15) is 35.3 Å². The molecule has 0 amide bonds. The van der Waals surface area contributed by atoms with Gasteiger partial charge in [0.05, 0.1) is 24.0 Å². The van der Waals surface area contributed by atoms with Gasteiger partial charge in [-0.05, 0) is 73.7 Å². The van der Waals surface area contributed by atoms with Crippen molar-refractivity contribution in [3.05, 3.63) is 119 Å². The topological polar surface area (TPSA) is 163 Å². The van der Waals surface area contributed by atoms with Gasteiger partial charge < -0.3 is 40.2 Å². The summed E-state index contributed by atoms with van der Waals surface area (Å²) in [4.78, 5) is 22.1. The van der Waals surface area contributed by atoms with E-state index in [2.05, 4.69) is 20.6 Å². The van der Waals surface area contributed by atoms with Crippen LogP contribution in [0.3, 0.4) is 0 Å². The number of carbonyl (C=O) groups is 1. The fourth-order valence-electron chi connectivity index (χ4n) is 6.21. The molecule has 0 saturated carbocycles. The molecule has 0 aliphatic carbocycles. The number of aromatic hydroxyl groups is 2. The van der Waals surface area contributed by atoms with E-state index in [0.717, 1.165) is 5.56 Å². The first-order valence-corrected chi connectivity index (χ1v) is 15.6. The van der Waals surface area contributed by atoms with E-state index in [1.54, 1.807) is 54.0 Å². The number of rotatable bonds is 6. The van der Waals surface area contributed by atoms with E-state index in [4.69, 9.17) is 26.4 Å². The minimum atomic E-state index is -1.37. The molecular formula is C36H26N5NaO7S. The summed E-state index contributed by atoms with van der Waals surface area (Å²) in [5.74, 6) is 0.432. The molecule has 50 heavy (non-hydrogen) atoms. The van der Waals surface area contributed by atoms with Crippen molar-refractivity contribution in [3.8, 4) is 45.9 Å². The number of anilines is 1. The van der Waals surface area contributed by atoms with Crippen LogP contribution in [0.4, 0.5) is 5.69 Å². The van der Waals surface area contributed by atoms with Crippen LogP contribution in [0.25, 0.3) is 16.9 Å². The largest absolute Gasteiger partial charge is 1.00 e. The molecule has 244 valence electrons. The van der Waals surface area contributed by atoms with Crippen molar-refractivity contribution in [1.82, 2.24) is 19.7 Å². The number of aromatic nitrogens is 3. The first kappa shape index (κ1) is 33.2. The number of phenols is 1. The van der Waals surface area contributed by atoms with Gasteiger partial charge in [-0.15, -0.1) is 5.75 Å². The monoisotopic (exact) mass is 695 g/mol. The van der Waals surface area contributed by atoms with Gasteiger partial charge in [-0.3, -0.25) is 9.38 Å². The second-order valence-corrected chi connectivity index (χ2v) is 12.0. The molecule has 2 aliphatic rings. The molecule has 0 fully saturated rings. The molecule has 1 spiro atoms. The van der Waals surface area contributed by atoms with E-state index in [-0.39, 0.29) is 58.4 Å². The summed E-state index contributed by atoms with van der Waals surface area (Å²) in [5, 5.41) is 39.0. The van der Waals surface area contributed by atoms with E-state index in [9.17, 15) is 20.1 Å². The van der Waals surface area contributed by atoms with E-state index in [0.29, 0.717) is 69.0 Å². The summed E-state index contributed by atoms with van der Waals surface area (Å²) in [7, 11) is 0. The van der Waals surface area contributed by atoms with Crippen LogP contribution in [0.2, 0.25) is 0 Å². The minimum absolute atomic E-state index is 0. The maximum Gasteiger partial charge on any atom is 1.00 e. The number of phenolic OH excluding ortho intramolecular Hbond substituents is 1. The quantitative estimate of drug-likeness (QED) is 0.0871. The number of hydrogen-bond donors (Lipinski definition) is 4. The van der Waals surface area contributed by atoms with Crippen molar-refractivity contribution in [1.29, 1.82) is 0 Å². The number of carbonyl (C=O) groups excluding carboxylic acids is 1. The number of nitrogens with one attached hydrogen (secondary N) is 2. The molecule has 4 N–H and O–H groups in total. The number of nitrogens with zero attached hydrogens (tertiary/aromatic N) is 3. The van der Waals surface area contributed by atoms with Crippen LogP contribution < -0.4 is 54.8 Å². The SMILES string of the molecule is Cc1nc2cnc(-c3ccc(OCCNC(=S)Nc4ccc5c(c4)C(=O)OC54c5ccc([O-])cc5Oc5cc(O)ccc54)cc3)cn2c1O.[Na+]. The summed E-state index contributed by atoms with van der Waals surface area (Å²) in [6, 6.07) is 21.6. The molecule has 0 radical (unpaired) electrons. The predicted octanol–water partition coefficient (Wildman–Crippen LogP) is 2.13. The molecule has 6 aromatic rings. The number of imidazole rings is 1. The predicted molar refractivity (Wildman–Crippen MR) is 180 cm³/mol. The Hall–Kier alpha value is -5.34. The standard InChI is InChI=1S/C36H27N5O7S.Na/c1-19-33(44)41-18-29(38-17-32(41)39-19)20-2-7-24(8-3-20)46-13-12-37-35(49)40-21-4-9-26-25(14-21)34(45)48-36(26)27-10-5-22(42)15-30(27)47-31-16-23(43)6-11-28(31)36;/h2-11,14-18,42-44H,12-13H2,1H3,(H2,37,40,49);/q;+1/p-1. The molecule has 2 aliphatic heterocycles. The third-order valence-electron chi connectivity index (χ3n) is 8.48. The molecule has 12 nitrogen and oxygen atoms in total. The van der Waals surface area contributed by atoms with Gasteiger partial charge >= 0.3 is 35.5 Å². The Labute approximate surface area is 312 Å². The molecule has 1 unspecified atom stereocenters. The summed E-state index contributed by atoms with van der Waals surface area (Å²) < 4.78 is 19.5. The Balaban J connectivity index is 0.00000392. The number of ether oxygens (including phenoxy) is 3. The van der Waals surface area contributed by atoms with Gasteiger partial charge in [-0.25, -0.2) is 9.78 Å². The minimum Gasteiger partial charge on any atom is -0.872 e. The summed E-state index contributed by atoms with van der Waals surface area (Å²) in [6.07, 6.45) is 3.35. The molecule has 14 heteroatoms. The molecule has 2 aromatic heterocycles. The van der Waals surface area contributed by atoms with Crippen LogP contribution in [-0.4, -0.2) is 48.8 Å². The van der Waals surface area contributed by atoms with Crippen molar-refractivity contribution in [2.75, 3.05) is 18.5 Å². The van der Waals surface area contributed by atoms with Gasteiger partial charge in [0.25, 0.3) is 0 Å². The molecular weight excluding hydrogens is 669 g/mol. The number of hydrogen-bond acceptors (Lipinski definition) is 10. The van der Waals surface area contributed by atoms with E-state index in [1.165, 1.54) is 24.3 Å². The number of thiocarbonyl (C=S) groups is 1. The zero-order valence-corrected chi connectivity index (χ0v) is 29.6. The smallest absolute Gasteiger partial charge is 0.872 e. The van der Waals surface area contributed by atoms with Gasteiger partial charge in [-0.1, -0.05) is 18.2 Å². The van der Waals surface area contributed by atoms with Crippen molar-refractivity contribution >= 4 is 34.6 Å². The number of benzene rings is 4. The second kappa shape index (κ2) is 12.8. The normalized spacial score (nSPS) is 15.3. The fraction of sp³-hybridized carbons (Fsp3) is 0.111. The third kappa shape index (κ3) is 5.63. The average Bonchev–Trinajstić information content (AvgIpc) is 3.54. The van der Waals surface area contributed by atoms with E-state index >= 15 is 0 Å². The molecule has 4 aromatic carbocycles. The average molecular weight is 696 g/mol. The van der Waals surface area contributed by atoms with Crippen LogP contribution in [-0.2, 0) is 10.3 Å². The number of esters is 1. The summed E-state index contributed by atoms with van der Waals surface area (Å²) >= 11 is 5.49. The van der Waals surface area contributed by atoms with E-state index in [1.807, 2.05) is 24.3 Å². The number of aryl methyl sites for hydroxylation is 1. The number of fused-ring (bicyclic) bond motifs is 7. The van der Waals surface area contributed by atoms with Gasteiger partial charge in [0, 0.05) is 40.2 Å². The Morgan fingerprint density at radius 2 is 1.74 bits per heavy atom. The molecule has 8 rings (SSSR count). The first-order chi connectivity index (χ1) is 23.7. The fourth-order valence-corrected chi connectivity index (χ4v) is 6.43. The van der Waals surface area contributed by atoms with E-state index < -0.39 is 11.6 Å². The van der Waals surface area contributed by atoms with Gasteiger partial charge in [0.2, 0.25) is 5.88 Å². The van der Waals surface area contributed by atoms with Crippen molar-refractivity contribution < 1.29 is 63.9 Å². The van der Waals surface area contributed by atoms with Crippen molar-refractivity contribution in [2.24, 2.45) is 0 Å². The first-order valence-electron chi connectivity index (χ1n) is 15.2. The van der Waals surface area contributed by atoms with Crippen LogP contribution in [0.15, 0.2) is 91.3 Å². The summed E-state index contributed by atoms with van der Waals surface area (Å²) in [5.41, 5.74) is 3.78. The van der Waals surface area contributed by atoms with Crippen LogP contribution in [0, 0.1) is 6.92 Å². The van der Waals surface area contributed by atoms with Crippen LogP contribution >= 0.6 is 12.2 Å². The second-order valence-electron chi connectivity index (χ2n) is 11.5. The van der Waals surface area contributed by atoms with Crippen molar-refractivity contribution in [2.45, 2.75) is 12.5 Å². The molecule has 4 heterocycles. The summed E-state index contributed by atoms with van der Waals surface area (Å²) in [6.45, 7) is 2.47. The van der Waals surface area contributed by atoms with Crippen LogP contribution in [0.1, 0.15) is 32.7 Å². The third-order valence-corrected chi connectivity index (χ3v) is 8.72. The zero-order chi connectivity index (χ0) is 33.9. The molecule has 0 saturated heterocycles. The Bertz CT molecular complexity index is 2280. The maximum absolute atomic E-state index is 13.4. The Kier molecular flexibility index (Phi) is 8.52. The van der Waals surface area contributed by atoms with Gasteiger partial charge in [0.15, 0.2) is 16.4 Å². The Morgan fingerprint density at radius 1 is 1.00 bits per heavy atom. The molecule has 1 atom stereocenters. The Morgan fingerprint density at radius 3 is 2.54 bits per heavy atom. The zero-order valence-electron chi connectivity index (χ0n) is 26.8. The molecule has 0 bridgehead atoms. The van der Waals surface area contributed by atoms with Crippen LogP contribution in [0.5, 0.6) is 34.6 Å².